The lowest BCUT2D eigenvalue weighted by atomic mass is 10.0. The van der Waals surface area contributed by atoms with Crippen LogP contribution in [-0.4, -0.2) is 28.1 Å². The van der Waals surface area contributed by atoms with Gasteiger partial charge >= 0.3 is 0 Å². The van der Waals surface area contributed by atoms with Gasteiger partial charge in [0.25, 0.3) is 0 Å². The summed E-state index contributed by atoms with van der Waals surface area (Å²) in [5, 5.41) is 8.96. The molecule has 4 nitrogen and oxygen atoms in total. The summed E-state index contributed by atoms with van der Waals surface area (Å²) in [5.74, 6) is 1.12. The van der Waals surface area contributed by atoms with Crippen molar-refractivity contribution in [2.45, 2.75) is 19.2 Å². The van der Waals surface area contributed by atoms with Gasteiger partial charge in [0.1, 0.15) is 5.37 Å². The summed E-state index contributed by atoms with van der Waals surface area (Å²) < 4.78 is 0. The molecule has 1 aromatic heterocycles. The van der Waals surface area contributed by atoms with Crippen molar-refractivity contribution in [3.63, 3.8) is 0 Å². The highest BCUT2D eigenvalue weighted by Gasteiger charge is 2.34. The quantitative estimate of drug-likeness (QED) is 0.850. The normalized spacial score (nSPS) is 17.3. The molecule has 1 aromatic carbocycles. The Balaban J connectivity index is 1.99. The van der Waals surface area contributed by atoms with Crippen LogP contribution in [0.1, 0.15) is 30.3 Å². The first-order valence-electron chi connectivity index (χ1n) is 7.96. The molecule has 1 fully saturated rings. The number of thioether (sulfide) groups is 1. The molecule has 0 bridgehead atoms. The minimum Gasteiger partial charge on any atom is -0.325 e. The Hall–Kier alpha value is -2.32. The molecule has 1 unspecified atom stereocenters. The van der Waals surface area contributed by atoms with E-state index in [1.807, 2.05) is 29.2 Å². The Morgan fingerprint density at radius 3 is 2.75 bits per heavy atom. The van der Waals surface area contributed by atoms with Crippen LogP contribution in [0.4, 0.5) is 0 Å². The van der Waals surface area contributed by atoms with Crippen molar-refractivity contribution in [3.8, 4) is 17.3 Å². The smallest absolute Gasteiger partial charge is 0.233 e. The van der Waals surface area contributed by atoms with Crippen LogP contribution in [0.2, 0.25) is 0 Å². The summed E-state index contributed by atoms with van der Waals surface area (Å²) in [6.07, 6.45) is 1.77. The Morgan fingerprint density at radius 1 is 1.33 bits per heavy atom. The monoisotopic (exact) mass is 337 g/mol. The number of amides is 1. The molecule has 3 rings (SSSR count). The zero-order valence-corrected chi connectivity index (χ0v) is 14.6. The zero-order chi connectivity index (χ0) is 17.1. The highest BCUT2D eigenvalue weighted by Crippen LogP contribution is 2.42. The molecule has 0 spiro atoms. The molecular formula is C19H19N3OS. The maximum atomic E-state index is 12.3. The molecule has 2 aromatic rings. The fraction of sp³-hybridized carbons (Fsp3) is 0.316. The summed E-state index contributed by atoms with van der Waals surface area (Å²) in [4.78, 5) is 18.8. The van der Waals surface area contributed by atoms with E-state index in [0.717, 1.165) is 23.4 Å². The van der Waals surface area contributed by atoms with Crippen LogP contribution in [0.15, 0.2) is 42.6 Å². The maximum absolute atomic E-state index is 12.3. The van der Waals surface area contributed by atoms with Crippen LogP contribution < -0.4 is 0 Å². The molecule has 24 heavy (non-hydrogen) atoms. The minimum atomic E-state index is -0.000701. The number of carbonyl (C=O) groups excluding carboxylic acids is 1. The van der Waals surface area contributed by atoms with Crippen LogP contribution >= 0.6 is 11.8 Å². The van der Waals surface area contributed by atoms with E-state index >= 15 is 0 Å². The van der Waals surface area contributed by atoms with Crippen molar-refractivity contribution < 1.29 is 4.79 Å². The number of rotatable bonds is 4. The predicted molar refractivity (Wildman–Crippen MR) is 96.1 cm³/mol. The highest BCUT2D eigenvalue weighted by atomic mass is 32.2. The van der Waals surface area contributed by atoms with Crippen molar-refractivity contribution in [2.24, 2.45) is 5.92 Å². The largest absolute Gasteiger partial charge is 0.325 e. The van der Waals surface area contributed by atoms with E-state index in [2.05, 4.69) is 24.9 Å². The van der Waals surface area contributed by atoms with Gasteiger partial charge in [0.05, 0.1) is 23.1 Å². The zero-order valence-electron chi connectivity index (χ0n) is 13.8. The number of pyridine rings is 1. The molecule has 1 amide bonds. The number of hydrogen-bond donors (Lipinski definition) is 0. The van der Waals surface area contributed by atoms with Crippen LogP contribution in [-0.2, 0) is 4.79 Å². The molecule has 1 atom stereocenters. The molecule has 0 N–H and O–H groups in total. The molecular weight excluding hydrogens is 318 g/mol. The third-order valence-corrected chi connectivity index (χ3v) is 5.16. The van der Waals surface area contributed by atoms with E-state index < -0.39 is 0 Å². The fourth-order valence-electron chi connectivity index (χ4n) is 2.86. The predicted octanol–water partition coefficient (Wildman–Crippen LogP) is 3.85. The second-order valence-electron chi connectivity index (χ2n) is 6.23. The number of nitrogens with zero attached hydrogens (tertiary/aromatic N) is 3. The molecule has 1 aliphatic rings. The summed E-state index contributed by atoms with van der Waals surface area (Å²) in [6.45, 7) is 4.99. The minimum absolute atomic E-state index is 0.000701. The molecule has 0 aliphatic carbocycles. The van der Waals surface area contributed by atoms with Gasteiger partial charge in [-0.15, -0.1) is 11.8 Å². The van der Waals surface area contributed by atoms with Crippen LogP contribution in [0.25, 0.3) is 11.3 Å². The van der Waals surface area contributed by atoms with Crippen molar-refractivity contribution in [1.29, 1.82) is 5.26 Å². The molecule has 122 valence electrons. The summed E-state index contributed by atoms with van der Waals surface area (Å²) in [6, 6.07) is 13.5. The highest BCUT2D eigenvalue weighted by molar-refractivity contribution is 8.00. The van der Waals surface area contributed by atoms with Crippen molar-refractivity contribution >= 4 is 17.7 Å². The van der Waals surface area contributed by atoms with Gasteiger partial charge in [0.2, 0.25) is 5.91 Å². The first kappa shape index (κ1) is 16.5. The lowest BCUT2D eigenvalue weighted by molar-refractivity contribution is -0.128. The average molecular weight is 337 g/mol. The van der Waals surface area contributed by atoms with E-state index in [9.17, 15) is 4.79 Å². The van der Waals surface area contributed by atoms with E-state index in [0.29, 0.717) is 17.2 Å². The van der Waals surface area contributed by atoms with Gasteiger partial charge in [-0.25, -0.2) is 0 Å². The van der Waals surface area contributed by atoms with Crippen LogP contribution in [0.3, 0.4) is 0 Å². The van der Waals surface area contributed by atoms with Gasteiger partial charge in [-0.1, -0.05) is 32.0 Å². The standard InChI is InChI=1S/C19H19N3OS/c1-13(2)11-22-17(23)12-24-19(22)16-4-3-9-21-18(16)15-7-5-14(10-20)6-8-15/h3-9,13,19H,11-12H2,1-2H3. The van der Waals surface area contributed by atoms with Gasteiger partial charge in [0, 0.05) is 23.9 Å². The van der Waals surface area contributed by atoms with Gasteiger partial charge in [0.15, 0.2) is 0 Å². The van der Waals surface area contributed by atoms with Gasteiger partial charge in [-0.2, -0.15) is 5.26 Å². The molecule has 0 radical (unpaired) electrons. The molecule has 5 heteroatoms. The van der Waals surface area contributed by atoms with Gasteiger partial charge in [-0.05, 0) is 24.1 Å². The maximum Gasteiger partial charge on any atom is 0.233 e. The lowest BCUT2D eigenvalue weighted by Gasteiger charge is -2.27. The van der Waals surface area contributed by atoms with Crippen molar-refractivity contribution in [1.82, 2.24) is 9.88 Å². The molecule has 1 saturated heterocycles. The Kier molecular flexibility index (Phi) is 4.86. The summed E-state index contributed by atoms with van der Waals surface area (Å²) in [7, 11) is 0. The second-order valence-corrected chi connectivity index (χ2v) is 7.30. The third-order valence-electron chi connectivity index (χ3n) is 3.92. The number of carbonyl (C=O) groups is 1. The Labute approximate surface area is 146 Å². The van der Waals surface area contributed by atoms with Crippen molar-refractivity contribution in [2.75, 3.05) is 12.3 Å². The summed E-state index contributed by atoms with van der Waals surface area (Å²) in [5.41, 5.74) is 3.53. The number of aromatic nitrogens is 1. The molecule has 0 saturated carbocycles. The molecule has 2 heterocycles. The first-order chi connectivity index (χ1) is 11.6. The van der Waals surface area contributed by atoms with Crippen LogP contribution in [0.5, 0.6) is 0 Å². The number of nitriles is 1. The van der Waals surface area contributed by atoms with E-state index in [1.54, 1.807) is 30.1 Å². The topological polar surface area (TPSA) is 57.0 Å². The summed E-state index contributed by atoms with van der Waals surface area (Å²) >= 11 is 1.65. The average Bonchev–Trinajstić information content (AvgIpc) is 2.95. The van der Waals surface area contributed by atoms with Crippen LogP contribution in [0, 0.1) is 17.2 Å². The third kappa shape index (κ3) is 3.29. The fourth-order valence-corrected chi connectivity index (χ4v) is 4.08. The Morgan fingerprint density at radius 2 is 2.08 bits per heavy atom. The van der Waals surface area contributed by atoms with Gasteiger partial charge in [-0.3, -0.25) is 9.78 Å². The van der Waals surface area contributed by atoms with E-state index in [4.69, 9.17) is 5.26 Å². The van der Waals surface area contributed by atoms with E-state index in [-0.39, 0.29) is 11.3 Å². The van der Waals surface area contributed by atoms with Crippen molar-refractivity contribution in [3.05, 3.63) is 53.7 Å². The molecule has 1 aliphatic heterocycles. The van der Waals surface area contributed by atoms with E-state index in [1.165, 1.54) is 0 Å². The lowest BCUT2D eigenvalue weighted by Crippen LogP contribution is -2.32. The SMILES string of the molecule is CC(C)CN1C(=O)CSC1c1cccnc1-c1ccc(C#N)cc1. The second kappa shape index (κ2) is 7.06. The van der Waals surface area contributed by atoms with Gasteiger partial charge < -0.3 is 4.90 Å². The number of benzene rings is 1. The Bertz CT molecular complexity index is 780. The number of hydrogen-bond acceptors (Lipinski definition) is 4. The first-order valence-corrected chi connectivity index (χ1v) is 9.01.